The van der Waals surface area contributed by atoms with Crippen LogP contribution in [0.15, 0.2) is 65.6 Å². The minimum Gasteiger partial charge on any atom is -0.336 e. The Kier molecular flexibility index (Phi) is 7.01. The van der Waals surface area contributed by atoms with Crippen LogP contribution in [0.5, 0.6) is 0 Å². The monoisotopic (exact) mass is 388 g/mol. The highest BCUT2D eigenvalue weighted by molar-refractivity contribution is 7.99. The normalized spacial score (nSPS) is 15.6. The average Bonchev–Trinajstić information content (AvgIpc) is 2.69. The van der Waals surface area contributed by atoms with Gasteiger partial charge in [-0.25, -0.2) is 0 Å². The molecule has 0 aromatic heterocycles. The van der Waals surface area contributed by atoms with Gasteiger partial charge >= 0.3 is 0 Å². The highest BCUT2D eigenvalue weighted by atomic mass is 32.2. The number of rotatable bonds is 6. The zero-order valence-corrected chi connectivity index (χ0v) is 15.7. The number of benzene rings is 2. The fraction of sp³-hybridized carbons (Fsp3) is 0.286. The van der Waals surface area contributed by atoms with Crippen LogP contribution < -0.4 is 0 Å². The summed E-state index contributed by atoms with van der Waals surface area (Å²) in [7, 11) is 0. The van der Waals surface area contributed by atoms with Crippen molar-refractivity contribution in [3.63, 3.8) is 0 Å². The smallest absolute Gasteiger partial charge is 0.288 e. The van der Waals surface area contributed by atoms with Crippen molar-refractivity contribution in [2.45, 2.75) is 10.7 Å². The van der Waals surface area contributed by atoms with E-state index in [1.165, 1.54) is 5.56 Å². The van der Waals surface area contributed by atoms with Crippen LogP contribution in [0.25, 0.3) is 6.08 Å². The summed E-state index contributed by atoms with van der Waals surface area (Å²) in [5.41, 5.74) is 1.73. The first-order valence-electron chi connectivity index (χ1n) is 8.90. The van der Waals surface area contributed by atoms with Gasteiger partial charge in [-0.2, -0.15) is 8.78 Å². The zero-order chi connectivity index (χ0) is 19.1. The van der Waals surface area contributed by atoms with Crippen molar-refractivity contribution in [2.24, 2.45) is 0 Å². The molecule has 6 heteroatoms. The Morgan fingerprint density at radius 2 is 1.67 bits per heavy atom. The van der Waals surface area contributed by atoms with E-state index in [0.717, 1.165) is 19.6 Å². The summed E-state index contributed by atoms with van der Waals surface area (Å²) in [5.74, 6) is -2.49. The third kappa shape index (κ3) is 5.91. The average molecular weight is 388 g/mol. The Labute approximate surface area is 162 Å². The Morgan fingerprint density at radius 3 is 2.30 bits per heavy atom. The number of piperazine rings is 1. The Balaban J connectivity index is 1.47. The highest BCUT2D eigenvalue weighted by Crippen LogP contribution is 2.25. The van der Waals surface area contributed by atoms with Gasteiger partial charge in [0.2, 0.25) is 0 Å². The van der Waals surface area contributed by atoms with E-state index < -0.39 is 5.76 Å². The van der Waals surface area contributed by atoms with Crippen molar-refractivity contribution in [1.29, 1.82) is 0 Å². The predicted molar refractivity (Wildman–Crippen MR) is 106 cm³/mol. The quantitative estimate of drug-likeness (QED) is 0.682. The molecule has 0 spiro atoms. The number of nitrogens with zero attached hydrogens (tertiary/aromatic N) is 2. The first-order valence-corrected chi connectivity index (χ1v) is 9.78. The summed E-state index contributed by atoms with van der Waals surface area (Å²) in [6.45, 7) is 3.85. The second-order valence-corrected chi connectivity index (χ2v) is 7.37. The molecule has 1 amide bonds. The molecule has 1 fully saturated rings. The lowest BCUT2D eigenvalue weighted by atomic mass is 10.2. The molecule has 1 aliphatic rings. The van der Waals surface area contributed by atoms with Crippen molar-refractivity contribution in [2.75, 3.05) is 32.7 Å². The lowest BCUT2D eigenvalue weighted by Crippen LogP contribution is -2.48. The van der Waals surface area contributed by atoms with Crippen LogP contribution in [0.2, 0.25) is 0 Å². The molecule has 0 saturated carbocycles. The van der Waals surface area contributed by atoms with Crippen LogP contribution in [-0.2, 0) is 0 Å². The zero-order valence-electron chi connectivity index (χ0n) is 14.9. The SMILES string of the molecule is O=C(c1ccc(SC(F)F)cc1)N1CCN(C/C=C/c2ccccc2)CC1. The number of hydrogen-bond donors (Lipinski definition) is 0. The van der Waals surface area contributed by atoms with Gasteiger partial charge < -0.3 is 4.90 Å². The number of halogens is 2. The third-order valence-corrected chi connectivity index (χ3v) is 5.18. The van der Waals surface area contributed by atoms with Gasteiger partial charge in [-0.05, 0) is 29.8 Å². The summed E-state index contributed by atoms with van der Waals surface area (Å²) in [5, 5.41) is 0. The van der Waals surface area contributed by atoms with E-state index >= 15 is 0 Å². The molecular weight excluding hydrogens is 366 g/mol. The standard InChI is InChI=1S/C21H22F2N2OS/c22-21(23)27-19-10-8-18(9-11-19)20(26)25-15-13-24(14-16-25)12-4-7-17-5-2-1-3-6-17/h1-11,21H,12-16H2/b7-4+. The van der Waals surface area contributed by atoms with E-state index in [9.17, 15) is 13.6 Å². The fourth-order valence-electron chi connectivity index (χ4n) is 3.00. The summed E-state index contributed by atoms with van der Waals surface area (Å²) in [6, 6.07) is 16.6. The predicted octanol–water partition coefficient (Wildman–Crippen LogP) is 4.47. The van der Waals surface area contributed by atoms with E-state index in [2.05, 4.69) is 29.2 Å². The molecule has 1 heterocycles. The molecule has 1 aliphatic heterocycles. The van der Waals surface area contributed by atoms with Crippen molar-refractivity contribution in [3.05, 3.63) is 71.8 Å². The Morgan fingerprint density at radius 1 is 1.00 bits per heavy atom. The van der Waals surface area contributed by atoms with E-state index in [0.29, 0.717) is 35.3 Å². The Hall–Kier alpha value is -2.18. The summed E-state index contributed by atoms with van der Waals surface area (Å²) in [6.07, 6.45) is 4.25. The maximum Gasteiger partial charge on any atom is 0.288 e. The van der Waals surface area contributed by atoms with Crippen LogP contribution in [0.4, 0.5) is 8.78 Å². The van der Waals surface area contributed by atoms with Crippen molar-refractivity contribution < 1.29 is 13.6 Å². The van der Waals surface area contributed by atoms with Crippen LogP contribution in [0.3, 0.4) is 0 Å². The second-order valence-electron chi connectivity index (χ2n) is 6.31. The van der Waals surface area contributed by atoms with Gasteiger partial charge in [0.05, 0.1) is 0 Å². The van der Waals surface area contributed by atoms with Crippen molar-refractivity contribution in [3.8, 4) is 0 Å². The largest absolute Gasteiger partial charge is 0.336 e. The molecule has 2 aromatic carbocycles. The number of hydrogen-bond acceptors (Lipinski definition) is 3. The van der Waals surface area contributed by atoms with Gasteiger partial charge in [0, 0.05) is 43.2 Å². The first-order chi connectivity index (χ1) is 13.1. The molecule has 0 atom stereocenters. The molecule has 27 heavy (non-hydrogen) atoms. The van der Waals surface area contributed by atoms with Gasteiger partial charge in [0.15, 0.2) is 0 Å². The van der Waals surface area contributed by atoms with E-state index in [1.54, 1.807) is 24.3 Å². The molecule has 2 aromatic rings. The molecule has 0 N–H and O–H groups in total. The van der Waals surface area contributed by atoms with Gasteiger partial charge in [-0.1, -0.05) is 54.2 Å². The molecule has 142 valence electrons. The lowest BCUT2D eigenvalue weighted by Gasteiger charge is -2.34. The van der Waals surface area contributed by atoms with E-state index in [1.807, 2.05) is 23.1 Å². The summed E-state index contributed by atoms with van der Waals surface area (Å²) in [4.78, 5) is 17.2. The fourth-order valence-corrected chi connectivity index (χ4v) is 3.50. The minimum atomic E-state index is -2.45. The van der Waals surface area contributed by atoms with Crippen LogP contribution in [-0.4, -0.2) is 54.2 Å². The number of amides is 1. The number of thioether (sulfide) groups is 1. The van der Waals surface area contributed by atoms with Gasteiger partial charge in [0.1, 0.15) is 0 Å². The van der Waals surface area contributed by atoms with E-state index in [-0.39, 0.29) is 5.91 Å². The topological polar surface area (TPSA) is 23.6 Å². The molecule has 0 unspecified atom stereocenters. The second kappa shape index (κ2) is 9.67. The van der Waals surface area contributed by atoms with Crippen LogP contribution in [0.1, 0.15) is 15.9 Å². The van der Waals surface area contributed by atoms with Crippen LogP contribution >= 0.6 is 11.8 Å². The Bertz CT molecular complexity index is 758. The third-order valence-electron chi connectivity index (χ3n) is 4.46. The molecule has 0 aliphatic carbocycles. The van der Waals surface area contributed by atoms with Crippen LogP contribution in [0, 0.1) is 0 Å². The minimum absolute atomic E-state index is 0.0388. The lowest BCUT2D eigenvalue weighted by molar-refractivity contribution is 0.0650. The molecule has 0 bridgehead atoms. The molecule has 0 radical (unpaired) electrons. The van der Waals surface area contributed by atoms with Crippen molar-refractivity contribution in [1.82, 2.24) is 9.80 Å². The van der Waals surface area contributed by atoms with E-state index in [4.69, 9.17) is 0 Å². The molecular formula is C21H22F2N2OS. The number of carbonyl (C=O) groups excluding carboxylic acids is 1. The number of carbonyl (C=O) groups is 1. The molecule has 3 nitrogen and oxygen atoms in total. The summed E-state index contributed by atoms with van der Waals surface area (Å²) < 4.78 is 24.7. The summed E-state index contributed by atoms with van der Waals surface area (Å²) >= 11 is 0.489. The maximum atomic E-state index is 12.6. The number of alkyl halides is 2. The maximum absolute atomic E-state index is 12.6. The first kappa shape index (κ1) is 19.6. The molecule has 3 rings (SSSR count). The van der Waals surface area contributed by atoms with Gasteiger partial charge in [0.25, 0.3) is 11.7 Å². The van der Waals surface area contributed by atoms with Crippen molar-refractivity contribution >= 4 is 23.7 Å². The van der Waals surface area contributed by atoms with Gasteiger partial charge in [-0.15, -0.1) is 0 Å². The van der Waals surface area contributed by atoms with Gasteiger partial charge in [-0.3, -0.25) is 9.69 Å². The highest BCUT2D eigenvalue weighted by Gasteiger charge is 2.21. The molecule has 1 saturated heterocycles.